The van der Waals surface area contributed by atoms with E-state index in [1.807, 2.05) is 11.9 Å². The van der Waals surface area contributed by atoms with E-state index in [1.54, 1.807) is 36.2 Å². The highest BCUT2D eigenvalue weighted by Crippen LogP contribution is 2.40. The molecular weight excluding hydrogens is 346 g/mol. The van der Waals surface area contributed by atoms with Gasteiger partial charge in [0.25, 0.3) is 0 Å². The highest BCUT2D eigenvalue weighted by Gasteiger charge is 2.32. The molecule has 26 heavy (non-hydrogen) atoms. The summed E-state index contributed by atoms with van der Waals surface area (Å²) in [5.41, 5.74) is 0.460. The molecule has 1 fully saturated rings. The molecule has 0 saturated heterocycles. The van der Waals surface area contributed by atoms with Crippen LogP contribution in [0.5, 0.6) is 5.88 Å². The van der Waals surface area contributed by atoms with Crippen LogP contribution in [0.25, 0.3) is 0 Å². The van der Waals surface area contributed by atoms with Gasteiger partial charge in [-0.3, -0.25) is 9.80 Å². The lowest BCUT2D eigenvalue weighted by molar-refractivity contribution is 0.103. The Morgan fingerprint density at radius 1 is 1.42 bits per heavy atom. The number of aromatic nitrogens is 1. The molecule has 5 nitrogen and oxygen atoms in total. The number of thioether (sulfide) groups is 1. The van der Waals surface area contributed by atoms with Gasteiger partial charge < -0.3 is 4.74 Å². The van der Waals surface area contributed by atoms with Gasteiger partial charge in [-0.1, -0.05) is 39.0 Å². The summed E-state index contributed by atoms with van der Waals surface area (Å²) in [6.45, 7) is 9.71. The summed E-state index contributed by atoms with van der Waals surface area (Å²) in [6, 6.07) is 3.53. The first-order chi connectivity index (χ1) is 12.4. The molecule has 0 N–H and O–H groups in total. The zero-order valence-corrected chi connectivity index (χ0v) is 16.8. The van der Waals surface area contributed by atoms with Gasteiger partial charge in [0.1, 0.15) is 10.1 Å². The minimum atomic E-state index is -0.0898. The Labute approximate surface area is 159 Å². The number of allylic oxidation sites excluding steroid dienone is 1. The number of hydrazone groups is 1. The SMILES string of the molecule is CCOc1ncccc1C(=O)/C=C1\SC(C(C)(C)C)=NN1CC1CCC1. The summed E-state index contributed by atoms with van der Waals surface area (Å²) < 4.78 is 5.51. The maximum Gasteiger partial charge on any atom is 0.224 e. The third-order valence-corrected chi connectivity index (χ3v) is 5.96. The molecule has 0 atom stereocenters. The Hall–Kier alpha value is -1.82. The van der Waals surface area contributed by atoms with E-state index >= 15 is 0 Å². The van der Waals surface area contributed by atoms with Crippen molar-refractivity contribution < 1.29 is 9.53 Å². The van der Waals surface area contributed by atoms with Gasteiger partial charge in [-0.25, -0.2) is 4.98 Å². The molecule has 1 aliphatic heterocycles. The monoisotopic (exact) mass is 373 g/mol. The Morgan fingerprint density at radius 2 is 2.19 bits per heavy atom. The molecule has 0 aromatic carbocycles. The third-order valence-electron chi connectivity index (χ3n) is 4.54. The number of rotatable bonds is 6. The zero-order chi connectivity index (χ0) is 18.7. The van der Waals surface area contributed by atoms with Crippen LogP contribution in [0.2, 0.25) is 0 Å². The molecule has 2 aliphatic rings. The summed E-state index contributed by atoms with van der Waals surface area (Å²) in [7, 11) is 0. The lowest BCUT2D eigenvalue weighted by Gasteiger charge is -2.29. The lowest BCUT2D eigenvalue weighted by Crippen LogP contribution is -2.26. The van der Waals surface area contributed by atoms with Gasteiger partial charge in [0.05, 0.1) is 12.2 Å². The second-order valence-corrected chi connectivity index (χ2v) is 8.78. The molecule has 0 radical (unpaired) electrons. The van der Waals surface area contributed by atoms with Crippen LogP contribution in [-0.2, 0) is 0 Å². The quantitative estimate of drug-likeness (QED) is 0.534. The average molecular weight is 374 g/mol. The van der Waals surface area contributed by atoms with Crippen LogP contribution in [0, 0.1) is 11.3 Å². The van der Waals surface area contributed by atoms with E-state index in [0.29, 0.717) is 24.0 Å². The first-order valence-corrected chi connectivity index (χ1v) is 10.1. The van der Waals surface area contributed by atoms with E-state index < -0.39 is 0 Å². The fourth-order valence-corrected chi connectivity index (χ4v) is 3.84. The van der Waals surface area contributed by atoms with Crippen molar-refractivity contribution in [2.45, 2.75) is 47.0 Å². The highest BCUT2D eigenvalue weighted by molar-refractivity contribution is 8.17. The van der Waals surface area contributed by atoms with Crippen LogP contribution in [0.3, 0.4) is 0 Å². The van der Waals surface area contributed by atoms with E-state index in [9.17, 15) is 4.79 Å². The number of hydrogen-bond acceptors (Lipinski definition) is 6. The fraction of sp³-hybridized carbons (Fsp3) is 0.550. The van der Waals surface area contributed by atoms with Crippen molar-refractivity contribution in [3.63, 3.8) is 0 Å². The molecule has 0 spiro atoms. The standard InChI is InChI=1S/C20H27N3O2S/c1-5-25-18-15(10-7-11-21-18)16(24)12-17-23(13-14-8-6-9-14)22-19(26-17)20(2,3)4/h7,10-12,14H,5-6,8-9,13H2,1-4H3/b17-12-. The summed E-state index contributed by atoms with van der Waals surface area (Å²) in [4.78, 5) is 17.1. The molecule has 1 aromatic rings. The van der Waals surface area contributed by atoms with Crippen molar-refractivity contribution in [1.82, 2.24) is 9.99 Å². The maximum atomic E-state index is 12.9. The average Bonchev–Trinajstić information content (AvgIpc) is 2.95. The predicted molar refractivity (Wildman–Crippen MR) is 106 cm³/mol. The molecule has 1 aliphatic carbocycles. The lowest BCUT2D eigenvalue weighted by atomic mass is 9.85. The van der Waals surface area contributed by atoms with Crippen molar-refractivity contribution >= 4 is 22.6 Å². The van der Waals surface area contributed by atoms with Gasteiger partial charge >= 0.3 is 0 Å². The minimum Gasteiger partial charge on any atom is -0.477 e. The first kappa shape index (κ1) is 19.0. The number of ketones is 1. The van der Waals surface area contributed by atoms with Crippen LogP contribution < -0.4 is 4.74 Å². The molecule has 1 aromatic heterocycles. The molecule has 2 heterocycles. The maximum absolute atomic E-state index is 12.9. The number of pyridine rings is 1. The van der Waals surface area contributed by atoms with E-state index in [4.69, 9.17) is 9.84 Å². The van der Waals surface area contributed by atoms with Crippen molar-refractivity contribution in [3.8, 4) is 5.88 Å². The van der Waals surface area contributed by atoms with Gasteiger partial charge in [-0.05, 0) is 37.8 Å². The first-order valence-electron chi connectivity index (χ1n) is 9.26. The number of carbonyl (C=O) groups excluding carboxylic acids is 1. The molecule has 0 unspecified atom stereocenters. The molecule has 0 amide bonds. The Kier molecular flexibility index (Phi) is 5.70. The van der Waals surface area contributed by atoms with Crippen molar-refractivity contribution in [2.24, 2.45) is 16.4 Å². The smallest absolute Gasteiger partial charge is 0.224 e. The molecule has 6 heteroatoms. The van der Waals surface area contributed by atoms with E-state index in [2.05, 4.69) is 25.8 Å². The second kappa shape index (κ2) is 7.82. The van der Waals surface area contributed by atoms with Crippen LogP contribution in [0.4, 0.5) is 0 Å². The molecule has 140 valence electrons. The molecule has 3 rings (SSSR count). The Balaban J connectivity index is 1.84. The summed E-state index contributed by atoms with van der Waals surface area (Å²) in [6.07, 6.45) is 7.13. The van der Waals surface area contributed by atoms with Crippen molar-refractivity contribution in [2.75, 3.05) is 13.2 Å². The van der Waals surface area contributed by atoms with Crippen molar-refractivity contribution in [3.05, 3.63) is 35.0 Å². The number of nitrogens with zero attached hydrogens (tertiary/aromatic N) is 3. The van der Waals surface area contributed by atoms with Gasteiger partial charge in [0.2, 0.25) is 5.88 Å². The summed E-state index contributed by atoms with van der Waals surface area (Å²) in [5, 5.41) is 8.78. The van der Waals surface area contributed by atoms with Crippen LogP contribution in [0.15, 0.2) is 34.5 Å². The van der Waals surface area contributed by atoms with Gasteiger partial charge in [-0.2, -0.15) is 5.10 Å². The van der Waals surface area contributed by atoms with E-state index in [0.717, 1.165) is 16.6 Å². The summed E-state index contributed by atoms with van der Waals surface area (Å²) >= 11 is 1.60. The number of ether oxygens (including phenoxy) is 1. The van der Waals surface area contributed by atoms with Gasteiger partial charge in [0, 0.05) is 24.2 Å². The topological polar surface area (TPSA) is 54.8 Å². The molecule has 1 saturated carbocycles. The van der Waals surface area contributed by atoms with Gasteiger partial charge in [0.15, 0.2) is 5.78 Å². The zero-order valence-electron chi connectivity index (χ0n) is 16.0. The van der Waals surface area contributed by atoms with Crippen LogP contribution in [0.1, 0.15) is 57.3 Å². The number of carbonyl (C=O) groups is 1. The minimum absolute atomic E-state index is 0.0358. The van der Waals surface area contributed by atoms with E-state index in [1.165, 1.54) is 19.3 Å². The molecule has 0 bridgehead atoms. The predicted octanol–water partition coefficient (Wildman–Crippen LogP) is 4.71. The normalized spacial score (nSPS) is 19.5. The van der Waals surface area contributed by atoms with Crippen molar-refractivity contribution in [1.29, 1.82) is 0 Å². The van der Waals surface area contributed by atoms with Crippen LogP contribution >= 0.6 is 11.8 Å². The van der Waals surface area contributed by atoms with E-state index in [-0.39, 0.29) is 11.2 Å². The number of hydrogen-bond donors (Lipinski definition) is 0. The summed E-state index contributed by atoms with van der Waals surface area (Å²) in [5.74, 6) is 0.977. The Morgan fingerprint density at radius 3 is 2.81 bits per heavy atom. The third kappa shape index (κ3) is 4.29. The Bertz CT molecular complexity index is 733. The van der Waals surface area contributed by atoms with Crippen LogP contribution in [-0.4, -0.2) is 34.0 Å². The molecular formula is C20H27N3O2S. The van der Waals surface area contributed by atoms with Gasteiger partial charge in [-0.15, -0.1) is 0 Å². The second-order valence-electron chi connectivity index (χ2n) is 7.77. The largest absolute Gasteiger partial charge is 0.477 e. The highest BCUT2D eigenvalue weighted by atomic mass is 32.2. The fourth-order valence-electron chi connectivity index (χ4n) is 2.81.